The van der Waals surface area contributed by atoms with Crippen molar-refractivity contribution in [2.75, 3.05) is 11.1 Å². The molecule has 1 atom stereocenters. The molecule has 36 heavy (non-hydrogen) atoms. The van der Waals surface area contributed by atoms with E-state index in [1.807, 2.05) is 0 Å². The van der Waals surface area contributed by atoms with Gasteiger partial charge in [0.05, 0.1) is 10.9 Å². The van der Waals surface area contributed by atoms with Gasteiger partial charge in [-0.2, -0.15) is 27.1 Å². The van der Waals surface area contributed by atoms with Crippen LogP contribution in [0.5, 0.6) is 0 Å². The first-order chi connectivity index (χ1) is 16.9. The van der Waals surface area contributed by atoms with Crippen molar-refractivity contribution < 1.29 is 26.7 Å². The third-order valence-electron chi connectivity index (χ3n) is 5.91. The minimum Gasteiger partial charge on any atom is -0.383 e. The number of nitrogens with one attached hydrogen (secondary N) is 1. The van der Waals surface area contributed by atoms with E-state index < -0.39 is 36.4 Å². The predicted molar refractivity (Wildman–Crippen MR) is 116 cm³/mol. The van der Waals surface area contributed by atoms with Crippen LogP contribution in [-0.4, -0.2) is 52.7 Å². The van der Waals surface area contributed by atoms with Crippen LogP contribution in [0.4, 0.5) is 33.6 Å². The molecule has 1 amide bonds. The molecule has 0 saturated carbocycles. The maximum atomic E-state index is 13.5. The number of amides is 1. The molecule has 0 radical (unpaired) electrons. The molecule has 5 heterocycles. The molecular weight excluding hydrogens is 489 g/mol. The van der Waals surface area contributed by atoms with E-state index >= 15 is 0 Å². The van der Waals surface area contributed by atoms with E-state index in [0.717, 1.165) is 4.68 Å². The van der Waals surface area contributed by atoms with Crippen LogP contribution in [0.1, 0.15) is 24.7 Å². The highest BCUT2D eigenvalue weighted by molar-refractivity contribution is 6.08. The largest absolute Gasteiger partial charge is 0.453 e. The van der Waals surface area contributed by atoms with Gasteiger partial charge < -0.3 is 11.1 Å². The lowest BCUT2D eigenvalue weighted by Gasteiger charge is -2.20. The summed E-state index contributed by atoms with van der Waals surface area (Å²) in [5.74, 6) is -5.32. The molecule has 1 aliphatic heterocycles. The smallest absolute Gasteiger partial charge is 0.383 e. The Hall–Kier alpha value is -4.30. The van der Waals surface area contributed by atoms with Crippen molar-refractivity contribution >= 4 is 28.6 Å². The number of hydrogen-bond donors (Lipinski definition) is 2. The number of hydrogen-bond acceptors (Lipinski definition) is 8. The quantitative estimate of drug-likeness (QED) is 0.395. The van der Waals surface area contributed by atoms with E-state index in [0.29, 0.717) is 5.39 Å². The van der Waals surface area contributed by atoms with Crippen LogP contribution in [0, 0.1) is 0 Å². The maximum absolute atomic E-state index is 13.5. The number of anilines is 2. The third-order valence-corrected chi connectivity index (χ3v) is 5.91. The minimum atomic E-state index is -5.70. The van der Waals surface area contributed by atoms with Gasteiger partial charge >= 0.3 is 12.1 Å². The first-order valence-corrected chi connectivity index (χ1v) is 10.5. The normalized spacial score (nSPS) is 17.9. The topological polar surface area (TPSA) is 137 Å². The van der Waals surface area contributed by atoms with Crippen LogP contribution < -0.4 is 11.1 Å². The van der Waals surface area contributed by atoms with Crippen molar-refractivity contribution in [2.24, 2.45) is 0 Å². The summed E-state index contributed by atoms with van der Waals surface area (Å²) >= 11 is 0. The predicted octanol–water partition coefficient (Wildman–Crippen LogP) is 3.11. The molecule has 1 aliphatic rings. The highest BCUT2D eigenvalue weighted by Crippen LogP contribution is 2.44. The van der Waals surface area contributed by atoms with Crippen molar-refractivity contribution in [1.82, 2.24) is 34.7 Å². The van der Waals surface area contributed by atoms with E-state index in [4.69, 9.17) is 5.73 Å². The minimum absolute atomic E-state index is 0.0433. The van der Waals surface area contributed by atoms with Gasteiger partial charge in [-0.3, -0.25) is 4.79 Å². The molecule has 5 rings (SSSR count). The lowest BCUT2D eigenvalue weighted by Crippen LogP contribution is -2.37. The molecule has 10 nitrogen and oxygen atoms in total. The van der Waals surface area contributed by atoms with Crippen LogP contribution in [0.3, 0.4) is 0 Å². The van der Waals surface area contributed by atoms with Crippen LogP contribution in [0.25, 0.3) is 22.6 Å². The molecule has 0 spiro atoms. The third kappa shape index (κ3) is 3.49. The standard InChI is InChI=1S/C21H16F5N9O/c1-19(17-29-7-3-8-30-17)11-13(27)31-15(32-14(11)33-18(19)36)12-10-4-2-6-28-16(10)35(34-12)9-5-20(22,23)21(24,25)26/h2-4,6-8H,5,9H2,1H3,(H3,27,31,32,33,36). The van der Waals surface area contributed by atoms with Gasteiger partial charge in [-0.05, 0) is 25.1 Å². The van der Waals surface area contributed by atoms with Gasteiger partial charge in [0.1, 0.15) is 28.6 Å². The molecule has 4 aromatic rings. The Balaban J connectivity index is 1.58. The molecule has 0 bridgehead atoms. The van der Waals surface area contributed by atoms with E-state index in [2.05, 4.69) is 35.3 Å². The van der Waals surface area contributed by atoms with Crippen molar-refractivity contribution in [3.8, 4) is 11.5 Å². The molecule has 1 unspecified atom stereocenters. The Morgan fingerprint density at radius 2 is 1.75 bits per heavy atom. The highest BCUT2D eigenvalue weighted by atomic mass is 19.4. The molecule has 4 aromatic heterocycles. The molecule has 0 fully saturated rings. The SMILES string of the molecule is CC1(c2ncccn2)C(=O)Nc2nc(-c3nn(CCC(F)(F)C(F)(F)F)c4ncccc34)nc(N)c21. The van der Waals surface area contributed by atoms with Gasteiger partial charge in [0.2, 0.25) is 5.91 Å². The molecule has 15 heteroatoms. The highest BCUT2D eigenvalue weighted by Gasteiger charge is 2.57. The zero-order valence-corrected chi connectivity index (χ0v) is 18.4. The number of carbonyl (C=O) groups excluding carboxylic acids is 1. The fourth-order valence-corrected chi connectivity index (χ4v) is 4.00. The molecule has 186 valence electrons. The summed E-state index contributed by atoms with van der Waals surface area (Å²) < 4.78 is 65.9. The summed E-state index contributed by atoms with van der Waals surface area (Å²) in [6.07, 6.45) is -2.95. The Labute approximate surface area is 198 Å². The van der Waals surface area contributed by atoms with E-state index in [9.17, 15) is 26.7 Å². The van der Waals surface area contributed by atoms with Crippen molar-refractivity contribution in [1.29, 1.82) is 0 Å². The lowest BCUT2D eigenvalue weighted by atomic mass is 9.83. The van der Waals surface area contributed by atoms with E-state index in [-0.39, 0.29) is 40.2 Å². The van der Waals surface area contributed by atoms with Crippen LogP contribution in [0.15, 0.2) is 36.8 Å². The molecule has 0 aliphatic carbocycles. The Morgan fingerprint density at radius 3 is 2.44 bits per heavy atom. The summed E-state index contributed by atoms with van der Waals surface area (Å²) in [4.78, 5) is 33.9. The second kappa shape index (κ2) is 7.86. The van der Waals surface area contributed by atoms with Crippen LogP contribution in [-0.2, 0) is 16.8 Å². The number of carbonyl (C=O) groups is 1. The summed E-state index contributed by atoms with van der Waals surface area (Å²) in [5.41, 5.74) is 5.19. The van der Waals surface area contributed by atoms with Gasteiger partial charge in [-0.25, -0.2) is 29.6 Å². The average Bonchev–Trinajstić information content (AvgIpc) is 3.33. The van der Waals surface area contributed by atoms with Gasteiger partial charge in [0, 0.05) is 31.6 Å². The van der Waals surface area contributed by atoms with E-state index in [1.54, 1.807) is 13.0 Å². The Morgan fingerprint density at radius 1 is 1.06 bits per heavy atom. The van der Waals surface area contributed by atoms with Gasteiger partial charge in [-0.15, -0.1) is 0 Å². The number of nitrogens with zero attached hydrogens (tertiary/aromatic N) is 7. The summed E-state index contributed by atoms with van der Waals surface area (Å²) in [5, 5.41) is 7.09. The second-order valence-electron chi connectivity index (χ2n) is 8.21. The second-order valence-corrected chi connectivity index (χ2v) is 8.21. The first kappa shape index (κ1) is 23.4. The number of nitrogen functional groups attached to an aromatic ring is 1. The summed E-state index contributed by atoms with van der Waals surface area (Å²) in [7, 11) is 0. The number of nitrogens with two attached hydrogens (primary N) is 1. The fraction of sp³-hybridized carbons (Fsp3) is 0.286. The number of aromatic nitrogens is 7. The number of halogens is 5. The number of aryl methyl sites for hydroxylation is 1. The first-order valence-electron chi connectivity index (χ1n) is 10.5. The molecule has 3 N–H and O–H groups in total. The van der Waals surface area contributed by atoms with Crippen LogP contribution in [0.2, 0.25) is 0 Å². The van der Waals surface area contributed by atoms with Crippen molar-refractivity contribution in [2.45, 2.75) is 37.4 Å². The lowest BCUT2D eigenvalue weighted by molar-refractivity contribution is -0.285. The summed E-state index contributed by atoms with van der Waals surface area (Å²) in [6.45, 7) is 0.790. The van der Waals surface area contributed by atoms with Crippen molar-refractivity contribution in [3.63, 3.8) is 0 Å². The Kier molecular flexibility index (Phi) is 5.12. The van der Waals surface area contributed by atoms with Gasteiger partial charge in [0.25, 0.3) is 0 Å². The molecule has 0 aromatic carbocycles. The zero-order valence-electron chi connectivity index (χ0n) is 18.4. The number of rotatable bonds is 5. The average molecular weight is 505 g/mol. The number of alkyl halides is 5. The maximum Gasteiger partial charge on any atom is 0.453 e. The monoisotopic (exact) mass is 505 g/mol. The van der Waals surface area contributed by atoms with Crippen molar-refractivity contribution in [3.05, 3.63) is 48.2 Å². The van der Waals surface area contributed by atoms with Gasteiger partial charge in [0.15, 0.2) is 11.5 Å². The summed E-state index contributed by atoms with van der Waals surface area (Å²) in [6, 6.07) is 4.66. The molecular formula is C21H16F5N9O. The van der Waals surface area contributed by atoms with E-state index in [1.165, 1.54) is 30.7 Å². The zero-order chi connectivity index (χ0) is 25.9. The number of fused-ring (bicyclic) bond motifs is 2. The number of pyridine rings is 1. The fourth-order valence-electron chi connectivity index (χ4n) is 4.00. The molecule has 0 saturated heterocycles. The Bertz CT molecular complexity index is 1490. The van der Waals surface area contributed by atoms with Gasteiger partial charge in [-0.1, -0.05) is 0 Å². The van der Waals surface area contributed by atoms with Crippen LogP contribution >= 0.6 is 0 Å².